The molecule has 30 heavy (non-hydrogen) atoms. The number of carbonyl (C=O) groups is 2. The zero-order valence-electron chi connectivity index (χ0n) is 16.7. The first-order valence-electron chi connectivity index (χ1n) is 9.08. The molecule has 2 amide bonds. The van der Waals surface area contributed by atoms with Crippen LogP contribution in [0.3, 0.4) is 0 Å². The van der Waals surface area contributed by atoms with Crippen molar-refractivity contribution in [1.82, 2.24) is 15.3 Å². The van der Waals surface area contributed by atoms with Crippen LogP contribution >= 0.6 is 34.4 Å². The summed E-state index contributed by atoms with van der Waals surface area (Å²) in [4.78, 5) is 32.5. The lowest BCUT2D eigenvalue weighted by atomic mass is 10.2. The first-order valence-corrected chi connectivity index (χ1v) is 11.8. The van der Waals surface area contributed by atoms with E-state index in [-0.39, 0.29) is 18.1 Å². The van der Waals surface area contributed by atoms with Gasteiger partial charge in [0.15, 0.2) is 5.13 Å². The molecule has 0 saturated carbocycles. The maximum absolute atomic E-state index is 13.3. The Kier molecular flexibility index (Phi) is 7.27. The fraction of sp³-hybridized carbons (Fsp3) is 0.368. The molecule has 1 aromatic carbocycles. The summed E-state index contributed by atoms with van der Waals surface area (Å²) in [5.74, 6) is 0.0446. The minimum absolute atomic E-state index is 0.123. The Morgan fingerprint density at radius 3 is 2.83 bits per heavy atom. The van der Waals surface area contributed by atoms with Crippen molar-refractivity contribution in [3.05, 3.63) is 35.1 Å². The molecule has 0 aliphatic carbocycles. The van der Waals surface area contributed by atoms with E-state index in [1.807, 2.05) is 26.2 Å². The second-order valence-electron chi connectivity index (χ2n) is 7.24. The van der Waals surface area contributed by atoms with E-state index in [1.54, 1.807) is 6.07 Å². The molecule has 0 radical (unpaired) electrons. The van der Waals surface area contributed by atoms with Gasteiger partial charge in [-0.1, -0.05) is 23.1 Å². The molecule has 0 saturated heterocycles. The molecule has 0 atom stereocenters. The maximum atomic E-state index is 13.3. The number of ether oxygens (including phenoxy) is 1. The summed E-state index contributed by atoms with van der Waals surface area (Å²) in [5.41, 5.74) is 0.652. The van der Waals surface area contributed by atoms with Gasteiger partial charge in [0.25, 0.3) is 0 Å². The molecular weight excluding hydrogens is 447 g/mol. The van der Waals surface area contributed by atoms with Gasteiger partial charge in [-0.25, -0.2) is 19.2 Å². The number of halogens is 1. The third-order valence-electron chi connectivity index (χ3n) is 3.46. The molecule has 0 fully saturated rings. The van der Waals surface area contributed by atoms with Gasteiger partial charge in [0.1, 0.15) is 15.8 Å². The van der Waals surface area contributed by atoms with Crippen molar-refractivity contribution in [3.8, 4) is 0 Å². The van der Waals surface area contributed by atoms with Crippen LogP contribution in [0.15, 0.2) is 27.9 Å². The second-order valence-corrected chi connectivity index (χ2v) is 10.5. The first-order chi connectivity index (χ1) is 14.2. The molecule has 0 bridgehead atoms. The van der Waals surface area contributed by atoms with E-state index < -0.39 is 11.7 Å². The Morgan fingerprint density at radius 1 is 1.27 bits per heavy atom. The minimum Gasteiger partial charge on any atom is -0.444 e. The number of alkyl carbamates (subject to hydrolysis) is 1. The number of fused-ring (bicyclic) bond motifs is 1. The number of thiazole rings is 2. The second kappa shape index (κ2) is 9.71. The van der Waals surface area contributed by atoms with Crippen LogP contribution in [0.2, 0.25) is 0 Å². The summed E-state index contributed by atoms with van der Waals surface area (Å²) >= 11 is 4.23. The minimum atomic E-state index is -0.524. The van der Waals surface area contributed by atoms with Gasteiger partial charge in [0.05, 0.1) is 22.3 Å². The highest BCUT2D eigenvalue weighted by atomic mass is 32.2. The van der Waals surface area contributed by atoms with Gasteiger partial charge < -0.3 is 15.4 Å². The molecule has 3 rings (SSSR count). The van der Waals surface area contributed by atoms with Crippen molar-refractivity contribution < 1.29 is 18.7 Å². The van der Waals surface area contributed by atoms with Crippen molar-refractivity contribution in [1.29, 1.82) is 0 Å². The molecule has 0 aliphatic heterocycles. The van der Waals surface area contributed by atoms with E-state index in [0.29, 0.717) is 28.6 Å². The Labute approximate surface area is 185 Å². The average Bonchev–Trinajstić information content (AvgIpc) is 3.22. The van der Waals surface area contributed by atoms with E-state index in [0.717, 1.165) is 9.04 Å². The van der Waals surface area contributed by atoms with E-state index >= 15 is 0 Å². The summed E-state index contributed by atoms with van der Waals surface area (Å²) in [5, 5.41) is 7.69. The van der Waals surface area contributed by atoms with Gasteiger partial charge in [0, 0.05) is 23.7 Å². The molecule has 3 aromatic rings. The summed E-state index contributed by atoms with van der Waals surface area (Å²) in [7, 11) is 0. The summed E-state index contributed by atoms with van der Waals surface area (Å²) in [6, 6.07) is 4.34. The van der Waals surface area contributed by atoms with Gasteiger partial charge in [-0.05, 0) is 32.9 Å². The predicted molar refractivity (Wildman–Crippen MR) is 119 cm³/mol. The van der Waals surface area contributed by atoms with E-state index in [2.05, 4.69) is 20.6 Å². The van der Waals surface area contributed by atoms with Gasteiger partial charge in [-0.15, -0.1) is 11.3 Å². The van der Waals surface area contributed by atoms with Crippen LogP contribution in [0.5, 0.6) is 0 Å². The van der Waals surface area contributed by atoms with Crippen LogP contribution in [-0.4, -0.2) is 39.9 Å². The normalized spacial score (nSPS) is 11.5. The van der Waals surface area contributed by atoms with Gasteiger partial charge in [-0.2, -0.15) is 0 Å². The fourth-order valence-electron chi connectivity index (χ4n) is 2.32. The van der Waals surface area contributed by atoms with Gasteiger partial charge in [0.2, 0.25) is 5.91 Å². The number of nitrogens with zero attached hydrogens (tertiary/aromatic N) is 2. The largest absolute Gasteiger partial charge is 0.444 e. The summed E-state index contributed by atoms with van der Waals surface area (Å²) < 4.78 is 20.1. The molecule has 0 unspecified atom stereocenters. The molecule has 2 heterocycles. The number of aromatic nitrogens is 2. The Hall–Kier alpha value is -2.24. The van der Waals surface area contributed by atoms with Gasteiger partial charge in [-0.3, -0.25) is 4.79 Å². The number of amides is 2. The molecule has 7 nitrogen and oxygen atoms in total. The Balaban J connectivity index is 1.43. The molecule has 11 heteroatoms. The molecule has 160 valence electrons. The Bertz CT molecular complexity index is 1050. The quantitative estimate of drug-likeness (QED) is 0.386. The highest BCUT2D eigenvalue weighted by Gasteiger charge is 2.16. The standard InChI is InChI=1S/C19H21FN4O3S3/c1-19(2,3)27-17(26)21-6-7-28-18-22-12(10-29-18)9-15(25)24-16-23-13-8-11(20)4-5-14(13)30-16/h4-5,8,10H,6-7,9H2,1-3H3,(H,21,26)(H,23,24,25). The van der Waals surface area contributed by atoms with Gasteiger partial charge >= 0.3 is 6.09 Å². The van der Waals surface area contributed by atoms with Crippen LogP contribution in [0.1, 0.15) is 26.5 Å². The lowest BCUT2D eigenvalue weighted by Crippen LogP contribution is -2.33. The number of thioether (sulfide) groups is 1. The van der Waals surface area contributed by atoms with Crippen LogP contribution in [-0.2, 0) is 16.0 Å². The molecule has 0 aliphatic rings. The van der Waals surface area contributed by atoms with E-state index in [9.17, 15) is 14.0 Å². The number of hydrogen-bond acceptors (Lipinski definition) is 8. The van der Waals surface area contributed by atoms with Crippen LogP contribution < -0.4 is 10.6 Å². The molecule has 2 aromatic heterocycles. The predicted octanol–water partition coefficient (Wildman–Crippen LogP) is 4.69. The molecule has 2 N–H and O–H groups in total. The van der Waals surface area contributed by atoms with Crippen molar-refractivity contribution in [2.75, 3.05) is 17.6 Å². The molecule has 0 spiro atoms. The maximum Gasteiger partial charge on any atom is 0.407 e. The van der Waals surface area contributed by atoms with Crippen molar-refractivity contribution in [3.63, 3.8) is 0 Å². The smallest absolute Gasteiger partial charge is 0.407 e. The third-order valence-corrected chi connectivity index (χ3v) is 6.49. The Morgan fingerprint density at radius 2 is 2.07 bits per heavy atom. The van der Waals surface area contributed by atoms with E-state index in [4.69, 9.17) is 4.74 Å². The molecular formula is C19H21FN4O3S3. The highest BCUT2D eigenvalue weighted by molar-refractivity contribution is 8.01. The van der Waals surface area contributed by atoms with Crippen LogP contribution in [0.25, 0.3) is 10.2 Å². The average molecular weight is 469 g/mol. The van der Waals surface area contributed by atoms with Crippen molar-refractivity contribution in [2.24, 2.45) is 0 Å². The number of hydrogen-bond donors (Lipinski definition) is 2. The highest BCUT2D eigenvalue weighted by Crippen LogP contribution is 2.27. The number of rotatable bonds is 7. The van der Waals surface area contributed by atoms with Crippen LogP contribution in [0.4, 0.5) is 14.3 Å². The number of nitrogens with one attached hydrogen (secondary N) is 2. The first kappa shape index (κ1) is 22.4. The number of carbonyl (C=O) groups excluding carboxylic acids is 2. The third kappa shape index (κ3) is 6.92. The topological polar surface area (TPSA) is 93.2 Å². The zero-order chi connectivity index (χ0) is 21.7. The lowest BCUT2D eigenvalue weighted by Gasteiger charge is -2.19. The van der Waals surface area contributed by atoms with Crippen LogP contribution in [0, 0.1) is 5.82 Å². The SMILES string of the molecule is CC(C)(C)OC(=O)NCCSc1nc(CC(=O)Nc2nc3cc(F)ccc3s2)cs1. The number of anilines is 1. The van der Waals surface area contributed by atoms with Crippen molar-refractivity contribution in [2.45, 2.75) is 37.1 Å². The summed E-state index contributed by atoms with van der Waals surface area (Å²) in [6.45, 7) is 5.88. The fourth-order valence-corrected chi connectivity index (χ4v) is 4.96. The monoisotopic (exact) mass is 468 g/mol. The zero-order valence-corrected chi connectivity index (χ0v) is 19.1. The lowest BCUT2D eigenvalue weighted by molar-refractivity contribution is -0.115. The summed E-state index contributed by atoms with van der Waals surface area (Å²) in [6.07, 6.45) is -0.325. The number of benzene rings is 1. The van der Waals surface area contributed by atoms with E-state index in [1.165, 1.54) is 46.6 Å². The van der Waals surface area contributed by atoms with Crippen molar-refractivity contribution >= 4 is 61.8 Å².